The molecule has 1 saturated carbocycles. The molecule has 1 spiro atoms. The molecule has 45 heavy (non-hydrogen) atoms. The number of fused-ring (bicyclic) bond motifs is 3. The first-order chi connectivity index (χ1) is 21.5. The van der Waals surface area contributed by atoms with Crippen LogP contribution in [-0.2, 0) is 21.9 Å². The van der Waals surface area contributed by atoms with Crippen molar-refractivity contribution in [1.29, 1.82) is 0 Å². The van der Waals surface area contributed by atoms with Gasteiger partial charge >= 0.3 is 0 Å². The van der Waals surface area contributed by atoms with Gasteiger partial charge in [-0.15, -0.1) is 6.58 Å². The van der Waals surface area contributed by atoms with Gasteiger partial charge in [0, 0.05) is 29.1 Å². The zero-order chi connectivity index (χ0) is 32.2. The van der Waals surface area contributed by atoms with Crippen molar-refractivity contribution in [3.63, 3.8) is 0 Å². The Labute approximate surface area is 273 Å². The molecule has 2 aromatic carbocycles. The summed E-state index contributed by atoms with van der Waals surface area (Å²) in [6.45, 7) is 9.50. The lowest BCUT2D eigenvalue weighted by Crippen LogP contribution is -2.49. The third kappa shape index (κ3) is 7.78. The van der Waals surface area contributed by atoms with Gasteiger partial charge in [0.2, 0.25) is 10.0 Å². The summed E-state index contributed by atoms with van der Waals surface area (Å²) in [5.74, 6) is 0.134. The molecule has 3 aliphatic rings. The molecule has 2 N–H and O–H groups in total. The van der Waals surface area contributed by atoms with Crippen molar-refractivity contribution < 1.29 is 23.1 Å². The summed E-state index contributed by atoms with van der Waals surface area (Å²) in [6.07, 6.45) is 12.7. The molecule has 1 fully saturated rings. The number of aryl methyl sites for hydroxylation is 1. The maximum Gasteiger partial charge on any atom is 0.264 e. The Morgan fingerprint density at radius 1 is 1.27 bits per heavy atom. The monoisotopic (exact) mass is 654 g/mol. The third-order valence-corrected chi connectivity index (χ3v) is 11.5. The number of hydrogen-bond acceptors (Lipinski definition) is 6. The summed E-state index contributed by atoms with van der Waals surface area (Å²) < 4.78 is 34.4. The number of sulfonamides is 1. The topological polar surface area (TPSA) is 95.9 Å². The summed E-state index contributed by atoms with van der Waals surface area (Å²) in [7, 11) is -3.83. The highest BCUT2D eigenvalue weighted by Crippen LogP contribution is 2.46. The molecule has 2 aromatic rings. The van der Waals surface area contributed by atoms with Gasteiger partial charge in [0.1, 0.15) is 5.75 Å². The normalized spacial score (nSPS) is 24.1. The lowest BCUT2D eigenvalue weighted by Gasteiger charge is -2.45. The van der Waals surface area contributed by atoms with Crippen LogP contribution in [0.2, 0.25) is 5.02 Å². The lowest BCUT2D eigenvalue weighted by molar-refractivity contribution is 0.0456. The van der Waals surface area contributed by atoms with Gasteiger partial charge in [0.05, 0.1) is 24.2 Å². The molecule has 1 amide bonds. The molecule has 2 aliphatic carbocycles. The Morgan fingerprint density at radius 3 is 2.82 bits per heavy atom. The lowest BCUT2D eigenvalue weighted by atomic mass is 9.68. The second-order valence-electron chi connectivity index (χ2n) is 13.3. The first-order valence-corrected chi connectivity index (χ1v) is 18.4. The van der Waals surface area contributed by atoms with E-state index in [2.05, 4.69) is 41.3 Å². The fraction of sp³-hybridized carbons (Fsp3) is 0.528. The number of allylic oxidation sites excluding steroid dienone is 2. The summed E-state index contributed by atoms with van der Waals surface area (Å²) in [5.41, 5.74) is 3.27. The number of amides is 1. The van der Waals surface area contributed by atoms with Crippen LogP contribution >= 0.6 is 11.6 Å². The molecule has 0 bridgehead atoms. The zero-order valence-corrected chi connectivity index (χ0v) is 28.1. The summed E-state index contributed by atoms with van der Waals surface area (Å²) in [5, 5.41) is 11.7. The van der Waals surface area contributed by atoms with Crippen LogP contribution in [0.1, 0.15) is 80.3 Å². The Balaban J connectivity index is 1.46. The maximum absolute atomic E-state index is 13.3. The number of carbonyl (C=O) groups is 1. The van der Waals surface area contributed by atoms with Crippen molar-refractivity contribution in [1.82, 2.24) is 4.72 Å². The van der Waals surface area contributed by atoms with Gasteiger partial charge in [0.15, 0.2) is 0 Å². The van der Waals surface area contributed by atoms with Gasteiger partial charge < -0.3 is 14.7 Å². The number of carbonyl (C=O) groups excluding carboxylic acids is 1. The minimum Gasteiger partial charge on any atom is -0.490 e. The van der Waals surface area contributed by atoms with E-state index in [0.29, 0.717) is 31.9 Å². The Hall–Kier alpha value is -2.81. The van der Waals surface area contributed by atoms with Crippen LogP contribution in [0.15, 0.2) is 61.2 Å². The number of aliphatic hydroxyl groups is 1. The predicted octanol–water partition coefficient (Wildman–Crippen LogP) is 6.83. The molecule has 244 valence electrons. The number of aliphatic hydroxyl groups excluding tert-OH is 1. The number of benzene rings is 2. The molecule has 9 heteroatoms. The smallest absolute Gasteiger partial charge is 0.264 e. The van der Waals surface area contributed by atoms with Crippen molar-refractivity contribution in [2.45, 2.75) is 76.7 Å². The molecule has 0 radical (unpaired) electrons. The molecule has 0 saturated heterocycles. The maximum atomic E-state index is 13.3. The second kappa shape index (κ2) is 14.3. The number of rotatable bonds is 12. The van der Waals surface area contributed by atoms with E-state index in [9.17, 15) is 18.3 Å². The van der Waals surface area contributed by atoms with E-state index in [1.165, 1.54) is 11.1 Å². The van der Waals surface area contributed by atoms with E-state index in [1.54, 1.807) is 24.3 Å². The number of hydrogen-bond donors (Lipinski definition) is 2. The standard InChI is InChI=1S/C36H47ClN2O5S/c1-4-6-7-11-33(40)30-15-12-28(30)21-39-23-36(18-8-10-26-19-29(37)14-16-31(26)36)24-44-34-17-13-27(20-32(34)39)35(41)38-45(42,43)22-25(3)9-5-2/h5,7,11,13-14,16-17,19-20,25,28,30,33,40H,2,4,6,8-10,12,15,18,21-24H2,1,3H3,(H,38,41)/b11-7+/t25-,28+,30-,33-,36+/m1/s1. The average molecular weight is 655 g/mol. The molecular weight excluding hydrogens is 608 g/mol. The zero-order valence-electron chi connectivity index (χ0n) is 26.5. The van der Waals surface area contributed by atoms with E-state index < -0.39 is 22.0 Å². The summed E-state index contributed by atoms with van der Waals surface area (Å²) in [6, 6.07) is 11.4. The first-order valence-electron chi connectivity index (χ1n) is 16.4. The molecule has 5 rings (SSSR count). The molecule has 1 aliphatic heterocycles. The molecule has 0 aromatic heterocycles. The minimum absolute atomic E-state index is 0.157. The van der Waals surface area contributed by atoms with Crippen LogP contribution in [0.25, 0.3) is 0 Å². The highest BCUT2D eigenvalue weighted by atomic mass is 35.5. The van der Waals surface area contributed by atoms with E-state index in [-0.39, 0.29) is 34.5 Å². The summed E-state index contributed by atoms with van der Waals surface area (Å²) in [4.78, 5) is 15.6. The Kier molecular flexibility index (Phi) is 10.7. The van der Waals surface area contributed by atoms with Crippen LogP contribution in [0.5, 0.6) is 5.75 Å². The number of anilines is 1. The number of ether oxygens (including phenoxy) is 1. The van der Waals surface area contributed by atoms with Crippen molar-refractivity contribution in [2.24, 2.45) is 17.8 Å². The largest absolute Gasteiger partial charge is 0.490 e. The van der Waals surface area contributed by atoms with Crippen molar-refractivity contribution >= 4 is 33.2 Å². The van der Waals surface area contributed by atoms with Crippen molar-refractivity contribution in [2.75, 3.05) is 30.3 Å². The molecule has 7 nitrogen and oxygen atoms in total. The van der Waals surface area contributed by atoms with E-state index >= 15 is 0 Å². The quantitative estimate of drug-likeness (QED) is 0.244. The fourth-order valence-electron chi connectivity index (χ4n) is 7.32. The molecule has 1 heterocycles. The highest BCUT2D eigenvalue weighted by Gasteiger charge is 2.44. The molecule has 5 atom stereocenters. The average Bonchev–Trinajstić information content (AvgIpc) is 3.12. The van der Waals surface area contributed by atoms with E-state index in [4.69, 9.17) is 16.3 Å². The minimum atomic E-state index is -3.83. The van der Waals surface area contributed by atoms with Crippen molar-refractivity contribution in [3.05, 3.63) is 82.9 Å². The van der Waals surface area contributed by atoms with Crippen molar-refractivity contribution in [3.8, 4) is 5.75 Å². The summed E-state index contributed by atoms with van der Waals surface area (Å²) >= 11 is 6.40. The predicted molar refractivity (Wildman–Crippen MR) is 182 cm³/mol. The Bertz CT molecular complexity index is 1530. The number of unbranched alkanes of at least 4 members (excludes halogenated alkanes) is 1. The fourth-order valence-corrected chi connectivity index (χ4v) is 8.89. The van der Waals surface area contributed by atoms with Crippen LogP contribution in [0.3, 0.4) is 0 Å². The first kappa shape index (κ1) is 33.6. The van der Waals surface area contributed by atoms with E-state index in [1.807, 2.05) is 19.1 Å². The SMILES string of the molecule is C=CC[C@@H](C)CS(=O)(=O)NC(=O)c1ccc2c(c1)N(C[C@@H]1CC[C@H]1[C@H](O)/C=C/CCC)C[C@@]1(CCCc3cc(Cl)ccc31)CO2. The van der Waals surface area contributed by atoms with Crippen LogP contribution in [-0.4, -0.2) is 51.0 Å². The van der Waals surface area contributed by atoms with Gasteiger partial charge in [-0.25, -0.2) is 13.1 Å². The number of halogens is 1. The van der Waals surface area contributed by atoms with E-state index in [0.717, 1.165) is 55.7 Å². The van der Waals surface area contributed by atoms with Gasteiger partial charge in [0.25, 0.3) is 5.91 Å². The van der Waals surface area contributed by atoms with Gasteiger partial charge in [-0.3, -0.25) is 4.79 Å². The highest BCUT2D eigenvalue weighted by molar-refractivity contribution is 7.90. The van der Waals surface area contributed by atoms with Crippen LogP contribution in [0.4, 0.5) is 5.69 Å². The molecule has 0 unspecified atom stereocenters. The number of nitrogens with zero attached hydrogens (tertiary/aromatic N) is 1. The van der Waals surface area contributed by atoms with Crippen LogP contribution < -0.4 is 14.4 Å². The number of nitrogens with one attached hydrogen (secondary N) is 1. The second-order valence-corrected chi connectivity index (χ2v) is 15.5. The third-order valence-electron chi connectivity index (χ3n) is 9.78. The van der Waals surface area contributed by atoms with Gasteiger partial charge in [-0.05, 0) is 104 Å². The Morgan fingerprint density at radius 2 is 2.09 bits per heavy atom. The molecular formula is C36H47ClN2O5S. The van der Waals surface area contributed by atoms with Gasteiger partial charge in [-0.1, -0.05) is 56.2 Å². The van der Waals surface area contributed by atoms with Crippen LogP contribution in [0, 0.1) is 17.8 Å². The van der Waals surface area contributed by atoms with Gasteiger partial charge in [-0.2, -0.15) is 0 Å².